The van der Waals surface area contributed by atoms with Crippen LogP contribution < -0.4 is 5.32 Å². The molecular formula is C18H25NO4. The number of carbonyl (C=O) groups excluding carboxylic acids is 1. The maximum Gasteiger partial charge on any atom is 0.326 e. The number of hydrogen-bond acceptors (Lipinski definition) is 3. The standard InChI is InChI=1S/C18H25NO4/c1-18(2,3)23-11-10-15(17(21)22)19-16(20)14-9-5-7-12-6-4-8-13(12)14/h5,7,9,15H,4,6,8,10-11H2,1-3H3,(H,19,20)(H,21,22). The van der Waals surface area contributed by atoms with E-state index in [1.807, 2.05) is 32.9 Å². The van der Waals surface area contributed by atoms with Gasteiger partial charge in [0.25, 0.3) is 5.91 Å². The largest absolute Gasteiger partial charge is 0.480 e. The van der Waals surface area contributed by atoms with E-state index in [1.165, 1.54) is 5.56 Å². The number of rotatable bonds is 6. The monoisotopic (exact) mass is 319 g/mol. The molecule has 0 aromatic heterocycles. The van der Waals surface area contributed by atoms with Crippen molar-refractivity contribution in [2.24, 2.45) is 0 Å². The number of hydrogen-bond donors (Lipinski definition) is 2. The van der Waals surface area contributed by atoms with Gasteiger partial charge in [-0.2, -0.15) is 0 Å². The smallest absolute Gasteiger partial charge is 0.326 e. The van der Waals surface area contributed by atoms with Gasteiger partial charge in [-0.3, -0.25) is 4.79 Å². The minimum Gasteiger partial charge on any atom is -0.480 e. The van der Waals surface area contributed by atoms with Gasteiger partial charge in [0, 0.05) is 18.6 Å². The number of benzene rings is 1. The van der Waals surface area contributed by atoms with E-state index in [9.17, 15) is 14.7 Å². The average Bonchev–Trinajstić information content (AvgIpc) is 2.92. The topological polar surface area (TPSA) is 75.6 Å². The number of amides is 1. The molecule has 1 aliphatic rings. The lowest BCUT2D eigenvalue weighted by Gasteiger charge is -2.21. The van der Waals surface area contributed by atoms with Gasteiger partial charge in [-0.25, -0.2) is 4.79 Å². The van der Waals surface area contributed by atoms with Crippen LogP contribution in [0.1, 0.15) is 55.1 Å². The first-order valence-corrected chi connectivity index (χ1v) is 8.06. The summed E-state index contributed by atoms with van der Waals surface area (Å²) >= 11 is 0. The van der Waals surface area contributed by atoms with Gasteiger partial charge in [0.15, 0.2) is 0 Å². The maximum absolute atomic E-state index is 12.5. The first-order valence-electron chi connectivity index (χ1n) is 8.06. The van der Waals surface area contributed by atoms with Crippen LogP contribution in [-0.2, 0) is 22.4 Å². The van der Waals surface area contributed by atoms with Crippen molar-refractivity contribution in [1.82, 2.24) is 5.32 Å². The number of carboxylic acids is 1. The van der Waals surface area contributed by atoms with Crippen molar-refractivity contribution >= 4 is 11.9 Å². The van der Waals surface area contributed by atoms with Gasteiger partial charge in [0.05, 0.1) is 5.60 Å². The number of nitrogens with one attached hydrogen (secondary N) is 1. The molecule has 0 radical (unpaired) electrons. The van der Waals surface area contributed by atoms with Crippen molar-refractivity contribution in [2.75, 3.05) is 6.61 Å². The summed E-state index contributed by atoms with van der Waals surface area (Å²) in [6.07, 6.45) is 3.15. The zero-order valence-corrected chi connectivity index (χ0v) is 14.0. The lowest BCUT2D eigenvalue weighted by molar-refractivity contribution is -0.140. The summed E-state index contributed by atoms with van der Waals surface area (Å²) in [6.45, 7) is 6.02. The molecule has 1 amide bonds. The first kappa shape index (κ1) is 17.5. The van der Waals surface area contributed by atoms with Crippen LogP contribution in [0.4, 0.5) is 0 Å². The van der Waals surface area contributed by atoms with Crippen LogP contribution in [0.2, 0.25) is 0 Å². The molecule has 0 heterocycles. The van der Waals surface area contributed by atoms with Crippen molar-refractivity contribution in [3.05, 3.63) is 34.9 Å². The summed E-state index contributed by atoms with van der Waals surface area (Å²) in [4.78, 5) is 23.8. The Labute approximate surface area is 137 Å². The number of carbonyl (C=O) groups is 2. The highest BCUT2D eigenvalue weighted by atomic mass is 16.5. The van der Waals surface area contributed by atoms with Gasteiger partial charge in [0.2, 0.25) is 0 Å². The van der Waals surface area contributed by atoms with Crippen molar-refractivity contribution in [3.63, 3.8) is 0 Å². The average molecular weight is 319 g/mol. The molecule has 23 heavy (non-hydrogen) atoms. The summed E-state index contributed by atoms with van der Waals surface area (Å²) in [5.41, 5.74) is 2.52. The summed E-state index contributed by atoms with van der Waals surface area (Å²) in [7, 11) is 0. The van der Waals surface area contributed by atoms with E-state index in [4.69, 9.17) is 4.74 Å². The van der Waals surface area contributed by atoms with Crippen LogP contribution in [0, 0.1) is 0 Å². The number of fused-ring (bicyclic) bond motifs is 1. The Morgan fingerprint density at radius 1 is 1.30 bits per heavy atom. The third kappa shape index (κ3) is 4.79. The first-order chi connectivity index (χ1) is 10.8. The quantitative estimate of drug-likeness (QED) is 0.845. The van der Waals surface area contributed by atoms with E-state index < -0.39 is 12.0 Å². The number of ether oxygens (including phenoxy) is 1. The predicted molar refractivity (Wildman–Crippen MR) is 87.7 cm³/mol. The SMILES string of the molecule is CC(C)(C)OCCC(NC(=O)c1cccc2c1CCC2)C(=O)O. The van der Waals surface area contributed by atoms with Crippen LogP contribution in [0.3, 0.4) is 0 Å². The molecule has 0 spiro atoms. The molecule has 5 heteroatoms. The minimum absolute atomic E-state index is 0.243. The van der Waals surface area contributed by atoms with Gasteiger partial charge in [0.1, 0.15) is 6.04 Å². The van der Waals surface area contributed by atoms with E-state index in [-0.39, 0.29) is 24.5 Å². The van der Waals surface area contributed by atoms with Gasteiger partial charge in [-0.15, -0.1) is 0 Å². The number of carboxylic acid groups (broad SMARTS) is 1. The fraction of sp³-hybridized carbons (Fsp3) is 0.556. The van der Waals surface area contributed by atoms with Gasteiger partial charge in [-0.1, -0.05) is 12.1 Å². The van der Waals surface area contributed by atoms with E-state index in [2.05, 4.69) is 5.32 Å². The molecule has 2 rings (SSSR count). The zero-order valence-electron chi connectivity index (χ0n) is 14.0. The van der Waals surface area contributed by atoms with Crippen LogP contribution >= 0.6 is 0 Å². The molecule has 0 saturated heterocycles. The fourth-order valence-corrected chi connectivity index (χ4v) is 2.81. The van der Waals surface area contributed by atoms with Crippen molar-refractivity contribution in [3.8, 4) is 0 Å². The zero-order chi connectivity index (χ0) is 17.0. The Bertz CT molecular complexity index is 589. The maximum atomic E-state index is 12.5. The predicted octanol–water partition coefficient (Wildman–Crippen LogP) is 2.56. The summed E-state index contributed by atoms with van der Waals surface area (Å²) < 4.78 is 5.56. The molecule has 5 nitrogen and oxygen atoms in total. The normalized spacial score (nSPS) is 15.1. The van der Waals surface area contributed by atoms with Crippen LogP contribution in [0.15, 0.2) is 18.2 Å². The Kier molecular flexibility index (Phi) is 5.42. The second kappa shape index (κ2) is 7.13. The minimum atomic E-state index is -1.04. The Hall–Kier alpha value is -1.88. The summed E-state index contributed by atoms with van der Waals surface area (Å²) in [5.74, 6) is -1.35. The second-order valence-electron chi connectivity index (χ2n) is 6.91. The molecule has 0 fully saturated rings. The lowest BCUT2D eigenvalue weighted by atomic mass is 10.0. The highest BCUT2D eigenvalue weighted by Gasteiger charge is 2.24. The highest BCUT2D eigenvalue weighted by molar-refractivity contribution is 5.98. The molecule has 1 aliphatic carbocycles. The molecule has 1 unspecified atom stereocenters. The van der Waals surface area contributed by atoms with Crippen molar-refractivity contribution < 1.29 is 19.4 Å². The molecule has 1 atom stereocenters. The fourth-order valence-electron chi connectivity index (χ4n) is 2.81. The molecule has 0 saturated carbocycles. The Balaban J connectivity index is 2.01. The Morgan fingerprint density at radius 2 is 2.04 bits per heavy atom. The summed E-state index contributed by atoms with van der Waals surface area (Å²) in [5, 5.41) is 12.0. The van der Waals surface area contributed by atoms with Crippen molar-refractivity contribution in [2.45, 2.75) is 58.1 Å². The van der Waals surface area contributed by atoms with Crippen molar-refractivity contribution in [1.29, 1.82) is 0 Å². The molecule has 126 valence electrons. The van der Waals surface area contributed by atoms with E-state index in [1.54, 1.807) is 6.07 Å². The summed E-state index contributed by atoms with van der Waals surface area (Å²) in [6, 6.07) is 4.72. The van der Waals surface area contributed by atoms with Crippen LogP contribution in [0.25, 0.3) is 0 Å². The molecule has 1 aromatic carbocycles. The molecule has 2 N–H and O–H groups in total. The van der Waals surface area contributed by atoms with E-state index in [0.29, 0.717) is 5.56 Å². The van der Waals surface area contributed by atoms with E-state index >= 15 is 0 Å². The third-order valence-corrected chi connectivity index (χ3v) is 3.94. The molecule has 0 aliphatic heterocycles. The van der Waals surface area contributed by atoms with E-state index in [0.717, 1.165) is 24.8 Å². The number of aliphatic carboxylic acids is 1. The van der Waals surface area contributed by atoms with Gasteiger partial charge in [-0.05, 0) is 57.2 Å². The van der Waals surface area contributed by atoms with Crippen LogP contribution in [-0.4, -0.2) is 35.2 Å². The lowest BCUT2D eigenvalue weighted by Crippen LogP contribution is -2.42. The second-order valence-corrected chi connectivity index (χ2v) is 6.91. The third-order valence-electron chi connectivity index (χ3n) is 3.94. The number of aryl methyl sites for hydroxylation is 1. The van der Waals surface area contributed by atoms with Gasteiger partial charge < -0.3 is 15.2 Å². The molecular weight excluding hydrogens is 294 g/mol. The van der Waals surface area contributed by atoms with Crippen LogP contribution in [0.5, 0.6) is 0 Å². The molecule has 0 bridgehead atoms. The Morgan fingerprint density at radius 3 is 2.70 bits per heavy atom. The highest BCUT2D eigenvalue weighted by Crippen LogP contribution is 2.25. The molecule has 1 aromatic rings. The van der Waals surface area contributed by atoms with Gasteiger partial charge >= 0.3 is 5.97 Å².